The third kappa shape index (κ3) is 3.29. The Labute approximate surface area is 130 Å². The van der Waals surface area contributed by atoms with Gasteiger partial charge in [-0.1, -0.05) is 6.07 Å². The number of ether oxygens (including phenoxy) is 3. The molecule has 0 radical (unpaired) electrons. The minimum absolute atomic E-state index is 0.0309. The molecule has 2 aliphatic rings. The van der Waals surface area contributed by atoms with Gasteiger partial charge in [-0.05, 0) is 24.5 Å². The first kappa shape index (κ1) is 15.4. The lowest BCUT2D eigenvalue weighted by Gasteiger charge is -2.39. The fourth-order valence-electron chi connectivity index (χ4n) is 3.30. The molecule has 2 fully saturated rings. The number of aromatic nitrogens is 1. The minimum Gasteiger partial charge on any atom is -0.375 e. The molecule has 3 rings (SSSR count). The fraction of sp³-hybridized carbons (Fsp3) is 0.625. The van der Waals surface area contributed by atoms with Gasteiger partial charge in [0.1, 0.15) is 12.7 Å². The maximum absolute atomic E-state index is 12.1. The van der Waals surface area contributed by atoms with Crippen LogP contribution in [0.5, 0.6) is 0 Å². The van der Waals surface area contributed by atoms with E-state index < -0.39 is 0 Å². The van der Waals surface area contributed by atoms with Crippen molar-refractivity contribution in [3.8, 4) is 0 Å². The molecule has 0 aromatic carbocycles. The zero-order valence-corrected chi connectivity index (χ0v) is 12.8. The van der Waals surface area contributed by atoms with Crippen molar-refractivity contribution in [1.82, 2.24) is 9.88 Å². The summed E-state index contributed by atoms with van der Waals surface area (Å²) in [5.74, 6) is 0.0358. The van der Waals surface area contributed by atoms with Crippen molar-refractivity contribution in [2.45, 2.75) is 37.7 Å². The number of nitrogens with zero attached hydrogens (tertiary/aromatic N) is 2. The number of hydrogen-bond donors (Lipinski definition) is 0. The largest absolute Gasteiger partial charge is 0.375 e. The molecule has 1 aromatic heterocycles. The minimum atomic E-state index is -0.0359. The second-order valence-electron chi connectivity index (χ2n) is 5.71. The Balaban J connectivity index is 1.59. The number of rotatable bonds is 5. The zero-order chi connectivity index (χ0) is 15.4. The smallest absolute Gasteiger partial charge is 0.248 e. The monoisotopic (exact) mass is 306 g/mol. The highest BCUT2D eigenvalue weighted by Gasteiger charge is 2.44. The van der Waals surface area contributed by atoms with Crippen LogP contribution in [0.15, 0.2) is 24.5 Å². The van der Waals surface area contributed by atoms with Crippen LogP contribution in [0.25, 0.3) is 0 Å². The van der Waals surface area contributed by atoms with Crippen LogP contribution in [0.2, 0.25) is 0 Å². The van der Waals surface area contributed by atoms with Gasteiger partial charge in [0.05, 0.1) is 25.4 Å². The van der Waals surface area contributed by atoms with Crippen molar-refractivity contribution in [2.75, 3.05) is 26.9 Å². The van der Waals surface area contributed by atoms with Crippen LogP contribution in [-0.2, 0) is 25.6 Å². The molecule has 1 aromatic rings. The Kier molecular flexibility index (Phi) is 5.02. The fourth-order valence-corrected chi connectivity index (χ4v) is 3.30. The molecule has 6 heteroatoms. The van der Waals surface area contributed by atoms with Gasteiger partial charge in [0.2, 0.25) is 5.91 Å². The molecule has 1 aliphatic heterocycles. The molecule has 0 spiro atoms. The molecule has 6 nitrogen and oxygen atoms in total. The van der Waals surface area contributed by atoms with Crippen molar-refractivity contribution < 1.29 is 19.0 Å². The van der Waals surface area contributed by atoms with E-state index in [9.17, 15) is 4.79 Å². The summed E-state index contributed by atoms with van der Waals surface area (Å²) in [5, 5.41) is 0. The van der Waals surface area contributed by atoms with Crippen LogP contribution in [-0.4, -0.2) is 60.9 Å². The van der Waals surface area contributed by atoms with Gasteiger partial charge in [0, 0.05) is 26.0 Å². The van der Waals surface area contributed by atoms with E-state index in [1.807, 2.05) is 23.2 Å². The summed E-state index contributed by atoms with van der Waals surface area (Å²) in [4.78, 5) is 18.1. The molecule has 0 N–H and O–H groups in total. The number of pyridine rings is 1. The molecule has 1 amide bonds. The van der Waals surface area contributed by atoms with Crippen molar-refractivity contribution in [3.05, 3.63) is 30.1 Å². The number of morpholine rings is 1. The maximum Gasteiger partial charge on any atom is 0.248 e. The highest BCUT2D eigenvalue weighted by atomic mass is 16.5. The van der Waals surface area contributed by atoms with E-state index in [1.165, 1.54) is 0 Å². The molecule has 0 unspecified atom stereocenters. The molecule has 1 saturated heterocycles. The standard InChI is InChI=1S/C16H22N2O4/c1-20-11-15(19)18-7-8-21-16-13(18)4-5-14(16)22-10-12-3-2-6-17-9-12/h2-3,6,9,13-14,16H,4-5,7-8,10-11H2,1H3/t13-,14+,16+/m0/s1. The highest BCUT2D eigenvalue weighted by Crippen LogP contribution is 2.32. The van der Waals surface area contributed by atoms with Crippen molar-refractivity contribution in [1.29, 1.82) is 0 Å². The van der Waals surface area contributed by atoms with E-state index in [1.54, 1.807) is 13.3 Å². The predicted octanol–water partition coefficient (Wildman–Crippen LogP) is 1.00. The summed E-state index contributed by atoms with van der Waals surface area (Å²) in [5.41, 5.74) is 1.05. The quantitative estimate of drug-likeness (QED) is 0.812. The lowest BCUT2D eigenvalue weighted by atomic mass is 10.1. The average Bonchev–Trinajstić information content (AvgIpc) is 2.97. The van der Waals surface area contributed by atoms with Crippen LogP contribution < -0.4 is 0 Å². The maximum atomic E-state index is 12.1. The molecule has 2 heterocycles. The van der Waals surface area contributed by atoms with Gasteiger partial charge in [-0.25, -0.2) is 0 Å². The lowest BCUT2D eigenvalue weighted by Crippen LogP contribution is -2.54. The molecule has 3 atom stereocenters. The van der Waals surface area contributed by atoms with Crippen LogP contribution >= 0.6 is 0 Å². The molecular weight excluding hydrogens is 284 g/mol. The Morgan fingerprint density at radius 2 is 2.41 bits per heavy atom. The Morgan fingerprint density at radius 1 is 1.50 bits per heavy atom. The summed E-state index contributed by atoms with van der Waals surface area (Å²) < 4.78 is 16.9. The Bertz CT molecular complexity index is 496. The van der Waals surface area contributed by atoms with Gasteiger partial charge in [0.25, 0.3) is 0 Å². The topological polar surface area (TPSA) is 60.9 Å². The van der Waals surface area contributed by atoms with Crippen LogP contribution in [0.4, 0.5) is 0 Å². The molecule has 22 heavy (non-hydrogen) atoms. The Hall–Kier alpha value is -1.50. The van der Waals surface area contributed by atoms with Crippen LogP contribution in [0, 0.1) is 0 Å². The van der Waals surface area contributed by atoms with Crippen LogP contribution in [0.1, 0.15) is 18.4 Å². The first-order chi connectivity index (χ1) is 10.8. The van der Waals surface area contributed by atoms with Crippen molar-refractivity contribution >= 4 is 5.91 Å². The lowest BCUT2D eigenvalue weighted by molar-refractivity contribution is -0.155. The second-order valence-corrected chi connectivity index (χ2v) is 5.71. The molecular formula is C16H22N2O4. The number of carbonyl (C=O) groups is 1. The molecule has 1 saturated carbocycles. The summed E-state index contributed by atoms with van der Waals surface area (Å²) in [6.45, 7) is 1.85. The van der Waals surface area contributed by atoms with Gasteiger partial charge in [-0.3, -0.25) is 9.78 Å². The number of carbonyl (C=O) groups excluding carboxylic acids is 1. The third-order valence-corrected chi connectivity index (χ3v) is 4.31. The molecule has 0 bridgehead atoms. The van der Waals surface area contributed by atoms with Gasteiger partial charge in [0.15, 0.2) is 0 Å². The summed E-state index contributed by atoms with van der Waals surface area (Å²) in [6, 6.07) is 4.00. The van der Waals surface area contributed by atoms with E-state index in [4.69, 9.17) is 14.2 Å². The first-order valence-electron chi connectivity index (χ1n) is 7.70. The molecule has 1 aliphatic carbocycles. The number of hydrogen-bond acceptors (Lipinski definition) is 5. The first-order valence-corrected chi connectivity index (χ1v) is 7.70. The predicted molar refractivity (Wildman–Crippen MR) is 79.2 cm³/mol. The van der Waals surface area contributed by atoms with E-state index in [0.29, 0.717) is 19.8 Å². The van der Waals surface area contributed by atoms with Crippen molar-refractivity contribution in [3.63, 3.8) is 0 Å². The zero-order valence-electron chi connectivity index (χ0n) is 12.8. The third-order valence-electron chi connectivity index (χ3n) is 4.31. The summed E-state index contributed by atoms with van der Waals surface area (Å²) in [7, 11) is 1.55. The SMILES string of the molecule is COCC(=O)N1CCO[C@H]2[C@H](OCc3cccnc3)CC[C@@H]21. The van der Waals surface area contributed by atoms with Gasteiger partial charge in [-0.15, -0.1) is 0 Å². The van der Waals surface area contributed by atoms with E-state index in [2.05, 4.69) is 4.98 Å². The van der Waals surface area contributed by atoms with Gasteiger partial charge < -0.3 is 19.1 Å². The van der Waals surface area contributed by atoms with Gasteiger partial charge >= 0.3 is 0 Å². The second kappa shape index (κ2) is 7.17. The highest BCUT2D eigenvalue weighted by molar-refractivity contribution is 5.78. The van der Waals surface area contributed by atoms with Crippen molar-refractivity contribution in [2.24, 2.45) is 0 Å². The van der Waals surface area contributed by atoms with Crippen LogP contribution in [0.3, 0.4) is 0 Å². The van der Waals surface area contributed by atoms with E-state index in [0.717, 1.165) is 18.4 Å². The number of fused-ring (bicyclic) bond motifs is 1. The van der Waals surface area contributed by atoms with E-state index in [-0.39, 0.29) is 30.8 Å². The summed E-state index contributed by atoms with van der Waals surface area (Å²) >= 11 is 0. The summed E-state index contributed by atoms with van der Waals surface area (Å²) in [6.07, 6.45) is 5.38. The molecule has 120 valence electrons. The number of amides is 1. The Morgan fingerprint density at radius 3 is 3.18 bits per heavy atom. The average molecular weight is 306 g/mol. The van der Waals surface area contributed by atoms with E-state index >= 15 is 0 Å². The normalized spacial score (nSPS) is 27.7. The van der Waals surface area contributed by atoms with Gasteiger partial charge in [-0.2, -0.15) is 0 Å². The number of methoxy groups -OCH3 is 1.